The van der Waals surface area contributed by atoms with Crippen LogP contribution in [-0.4, -0.2) is 43.1 Å². The summed E-state index contributed by atoms with van der Waals surface area (Å²) < 4.78 is 30.0. The lowest BCUT2D eigenvalue weighted by Gasteiger charge is -2.14. The first-order chi connectivity index (χ1) is 14.9. The molecule has 0 aliphatic heterocycles. The highest BCUT2D eigenvalue weighted by Gasteiger charge is 2.07. The molecule has 0 unspecified atom stereocenters. The van der Waals surface area contributed by atoms with Gasteiger partial charge in [-0.05, 0) is 31.8 Å². The van der Waals surface area contributed by atoms with Crippen molar-refractivity contribution in [1.82, 2.24) is 4.90 Å². The van der Waals surface area contributed by atoms with Crippen molar-refractivity contribution >= 4 is 16.0 Å². The average Bonchev–Trinajstić information content (AvgIpc) is 2.72. The molecular formula is C25H49NO4S. The number of carbonyl (C=O) groups is 1. The molecule has 0 saturated carbocycles. The molecule has 0 fully saturated rings. The number of carbonyl (C=O) groups excluding carboxylic acids is 1. The highest BCUT2D eigenvalue weighted by molar-refractivity contribution is 7.85. The molecule has 0 rings (SSSR count). The molecule has 6 heteroatoms. The first-order valence-electron chi connectivity index (χ1n) is 12.7. The predicted molar refractivity (Wildman–Crippen MR) is 132 cm³/mol. The molecule has 31 heavy (non-hydrogen) atoms. The van der Waals surface area contributed by atoms with Gasteiger partial charge in [0, 0.05) is 13.6 Å². The predicted octanol–water partition coefficient (Wildman–Crippen LogP) is 6.93. The van der Waals surface area contributed by atoms with Gasteiger partial charge in [0.25, 0.3) is 10.1 Å². The molecule has 1 N–H and O–H groups in total. The van der Waals surface area contributed by atoms with Crippen LogP contribution < -0.4 is 0 Å². The lowest BCUT2D eigenvalue weighted by molar-refractivity contribution is -0.124. The van der Waals surface area contributed by atoms with Crippen LogP contribution in [0.25, 0.3) is 0 Å². The Morgan fingerprint density at radius 3 is 1.65 bits per heavy atom. The number of allylic oxidation sites excluding steroid dienone is 1. The molecule has 0 aliphatic carbocycles. The highest BCUT2D eigenvalue weighted by atomic mass is 32.2. The number of unbranched alkanes of at least 4 members (excludes halogenated alkanes) is 16. The number of nitrogens with zero attached hydrogens (tertiary/aromatic N) is 1. The third kappa shape index (κ3) is 23.6. The van der Waals surface area contributed by atoms with Crippen LogP contribution in [-0.2, 0) is 14.9 Å². The van der Waals surface area contributed by atoms with Crippen molar-refractivity contribution in [2.75, 3.05) is 19.3 Å². The summed E-state index contributed by atoms with van der Waals surface area (Å²) >= 11 is 0. The standard InChI is InChI=1S/C25H49NO4S/c1-3-4-5-6-7-8-9-10-11-12-13-14-15-16-17-18-19-22-25(27)26(2)23-20-21-24-31(28,29)30/h19,22H,3-18,20-21,23-24H2,1-2H3,(H,28,29,30)/b22-19+. The van der Waals surface area contributed by atoms with Crippen molar-refractivity contribution in [3.8, 4) is 0 Å². The Hall–Kier alpha value is -0.880. The van der Waals surface area contributed by atoms with Crippen molar-refractivity contribution < 1.29 is 17.8 Å². The number of amides is 1. The molecule has 0 atom stereocenters. The van der Waals surface area contributed by atoms with Crippen LogP contribution in [0.5, 0.6) is 0 Å². The zero-order valence-electron chi connectivity index (χ0n) is 20.3. The lowest BCUT2D eigenvalue weighted by atomic mass is 10.0. The third-order valence-electron chi connectivity index (χ3n) is 5.76. The molecule has 0 aromatic carbocycles. The second-order valence-electron chi connectivity index (χ2n) is 8.89. The Morgan fingerprint density at radius 1 is 0.742 bits per heavy atom. The van der Waals surface area contributed by atoms with Gasteiger partial charge in [-0.1, -0.05) is 103 Å². The minimum atomic E-state index is -3.90. The van der Waals surface area contributed by atoms with Gasteiger partial charge in [-0.3, -0.25) is 9.35 Å². The molecule has 0 aromatic rings. The fourth-order valence-electron chi connectivity index (χ4n) is 3.69. The number of likely N-dealkylation sites (N-methyl/N-ethyl adjacent to an activating group) is 1. The molecular weight excluding hydrogens is 410 g/mol. The van der Waals surface area contributed by atoms with Crippen LogP contribution in [0.3, 0.4) is 0 Å². The maximum absolute atomic E-state index is 12.0. The van der Waals surface area contributed by atoms with Crippen LogP contribution in [0, 0.1) is 0 Å². The zero-order valence-corrected chi connectivity index (χ0v) is 21.1. The van der Waals surface area contributed by atoms with Crippen LogP contribution in [0.2, 0.25) is 0 Å². The van der Waals surface area contributed by atoms with Crippen LogP contribution >= 0.6 is 0 Å². The molecule has 0 heterocycles. The second kappa shape index (κ2) is 21.0. The third-order valence-corrected chi connectivity index (χ3v) is 6.56. The van der Waals surface area contributed by atoms with Crippen LogP contribution in [0.1, 0.15) is 122 Å². The Balaban J connectivity index is 3.40. The van der Waals surface area contributed by atoms with Crippen molar-refractivity contribution in [1.29, 1.82) is 0 Å². The summed E-state index contributed by atoms with van der Waals surface area (Å²) in [6, 6.07) is 0. The topological polar surface area (TPSA) is 74.7 Å². The fourth-order valence-corrected chi connectivity index (χ4v) is 4.26. The summed E-state index contributed by atoms with van der Waals surface area (Å²) in [5, 5.41) is 0. The minimum Gasteiger partial charge on any atom is -0.342 e. The average molecular weight is 460 g/mol. The Morgan fingerprint density at radius 2 is 1.19 bits per heavy atom. The van der Waals surface area contributed by atoms with Crippen molar-refractivity contribution in [2.24, 2.45) is 0 Å². The van der Waals surface area contributed by atoms with Gasteiger partial charge in [0.15, 0.2) is 0 Å². The summed E-state index contributed by atoms with van der Waals surface area (Å²) in [6.07, 6.45) is 25.7. The fraction of sp³-hybridized carbons (Fsp3) is 0.880. The maximum atomic E-state index is 12.0. The van der Waals surface area contributed by atoms with Crippen LogP contribution in [0.4, 0.5) is 0 Å². The quantitative estimate of drug-likeness (QED) is 0.108. The largest absolute Gasteiger partial charge is 0.342 e. The molecule has 184 valence electrons. The van der Waals surface area contributed by atoms with E-state index < -0.39 is 10.1 Å². The van der Waals surface area contributed by atoms with Gasteiger partial charge in [-0.2, -0.15) is 8.42 Å². The van der Waals surface area contributed by atoms with E-state index in [-0.39, 0.29) is 11.7 Å². The van der Waals surface area contributed by atoms with Gasteiger partial charge in [0.1, 0.15) is 0 Å². The molecule has 0 aliphatic rings. The SMILES string of the molecule is CCCCCCCCCCCCCCCCC/C=C/C(=O)N(C)CCCCS(=O)(=O)O. The molecule has 5 nitrogen and oxygen atoms in total. The Labute approximate surface area is 192 Å². The Kier molecular flexibility index (Phi) is 20.4. The number of rotatable bonds is 22. The van der Waals surface area contributed by atoms with E-state index in [4.69, 9.17) is 4.55 Å². The van der Waals surface area contributed by atoms with Crippen molar-refractivity contribution in [3.63, 3.8) is 0 Å². The second-order valence-corrected chi connectivity index (χ2v) is 10.5. The smallest absolute Gasteiger partial charge is 0.264 e. The summed E-state index contributed by atoms with van der Waals surface area (Å²) in [5.41, 5.74) is 0. The molecule has 1 amide bonds. The molecule has 0 bridgehead atoms. The molecule has 0 radical (unpaired) electrons. The maximum Gasteiger partial charge on any atom is 0.264 e. The van der Waals surface area contributed by atoms with E-state index in [9.17, 15) is 13.2 Å². The Bertz CT molecular complexity index is 546. The number of hydrogen-bond donors (Lipinski definition) is 1. The van der Waals surface area contributed by atoms with Gasteiger partial charge < -0.3 is 4.90 Å². The van der Waals surface area contributed by atoms with E-state index in [1.807, 2.05) is 6.08 Å². The number of hydrogen-bond acceptors (Lipinski definition) is 3. The van der Waals surface area contributed by atoms with E-state index in [1.165, 1.54) is 89.9 Å². The molecule has 0 aromatic heterocycles. The van der Waals surface area contributed by atoms with E-state index in [0.29, 0.717) is 19.4 Å². The summed E-state index contributed by atoms with van der Waals surface area (Å²) in [4.78, 5) is 13.6. The summed E-state index contributed by atoms with van der Waals surface area (Å²) in [6.45, 7) is 2.77. The van der Waals surface area contributed by atoms with E-state index in [0.717, 1.165) is 12.8 Å². The molecule has 0 saturated heterocycles. The first-order valence-corrected chi connectivity index (χ1v) is 14.3. The van der Waals surface area contributed by atoms with E-state index in [1.54, 1.807) is 18.0 Å². The first kappa shape index (κ1) is 30.1. The summed E-state index contributed by atoms with van der Waals surface area (Å²) in [7, 11) is -2.18. The van der Waals surface area contributed by atoms with Gasteiger partial charge in [0.05, 0.1) is 5.75 Å². The monoisotopic (exact) mass is 459 g/mol. The molecule has 0 spiro atoms. The van der Waals surface area contributed by atoms with Crippen LogP contribution in [0.15, 0.2) is 12.2 Å². The lowest BCUT2D eigenvalue weighted by Crippen LogP contribution is -2.26. The van der Waals surface area contributed by atoms with Crippen molar-refractivity contribution in [3.05, 3.63) is 12.2 Å². The minimum absolute atomic E-state index is 0.0483. The zero-order chi connectivity index (χ0) is 23.2. The van der Waals surface area contributed by atoms with Gasteiger partial charge in [-0.15, -0.1) is 0 Å². The van der Waals surface area contributed by atoms with Crippen molar-refractivity contribution in [2.45, 2.75) is 122 Å². The van der Waals surface area contributed by atoms with E-state index >= 15 is 0 Å². The van der Waals surface area contributed by atoms with Gasteiger partial charge in [0.2, 0.25) is 5.91 Å². The van der Waals surface area contributed by atoms with Gasteiger partial charge in [-0.25, -0.2) is 0 Å². The van der Waals surface area contributed by atoms with E-state index in [2.05, 4.69) is 6.92 Å². The summed E-state index contributed by atoms with van der Waals surface area (Å²) in [5.74, 6) is -0.294. The van der Waals surface area contributed by atoms with Gasteiger partial charge >= 0.3 is 0 Å². The normalized spacial score (nSPS) is 12.0. The highest BCUT2D eigenvalue weighted by Crippen LogP contribution is 2.13.